The summed E-state index contributed by atoms with van der Waals surface area (Å²) in [6.45, 7) is 0.379. The summed E-state index contributed by atoms with van der Waals surface area (Å²) in [5.74, 6) is -0.503. The number of halogens is 4. The third-order valence-electron chi connectivity index (χ3n) is 1.76. The van der Waals surface area contributed by atoms with Crippen molar-refractivity contribution in [3.8, 4) is 5.75 Å². The Morgan fingerprint density at radius 1 is 1.50 bits per heavy atom. The fourth-order valence-corrected chi connectivity index (χ4v) is 1.54. The van der Waals surface area contributed by atoms with E-state index >= 15 is 0 Å². The second-order valence-corrected chi connectivity index (χ2v) is 4.26. The number of benzene rings is 1. The Morgan fingerprint density at radius 2 is 2.19 bits per heavy atom. The van der Waals surface area contributed by atoms with E-state index in [1.54, 1.807) is 12.1 Å². The van der Waals surface area contributed by atoms with Crippen LogP contribution in [0.1, 0.15) is 0 Å². The molecule has 0 spiro atoms. The third kappa shape index (κ3) is 3.74. The van der Waals surface area contributed by atoms with Crippen molar-refractivity contribution >= 4 is 40.5 Å². The van der Waals surface area contributed by atoms with Crippen LogP contribution in [0.2, 0.25) is 5.02 Å². The number of anilines is 1. The largest absolute Gasteiger partial charge is 0.492 e. The quantitative estimate of drug-likeness (QED) is 0.894. The van der Waals surface area contributed by atoms with Crippen molar-refractivity contribution in [2.75, 3.05) is 19.0 Å². The predicted molar refractivity (Wildman–Crippen MR) is 66.2 cm³/mol. The lowest BCUT2D eigenvalue weighted by Gasteiger charge is -2.08. The van der Waals surface area contributed by atoms with Crippen LogP contribution in [-0.4, -0.2) is 13.7 Å². The fourth-order valence-electron chi connectivity index (χ4n) is 1.10. The van der Waals surface area contributed by atoms with Crippen molar-refractivity contribution < 1.29 is 9.13 Å². The summed E-state index contributed by atoms with van der Waals surface area (Å²) >= 11 is 16.6. The molecule has 0 aromatic heterocycles. The highest BCUT2D eigenvalue weighted by molar-refractivity contribution is 6.55. The number of methoxy groups -OCH3 is 1. The maximum absolute atomic E-state index is 13.4. The summed E-state index contributed by atoms with van der Waals surface area (Å²) < 4.78 is 18.3. The van der Waals surface area contributed by atoms with Gasteiger partial charge in [-0.3, -0.25) is 0 Å². The first-order valence-electron chi connectivity index (χ1n) is 4.32. The summed E-state index contributed by atoms with van der Waals surface area (Å²) in [6.07, 6.45) is 1.54. The molecule has 0 atom stereocenters. The predicted octanol–water partition coefficient (Wildman–Crippen LogP) is 4.22. The second kappa shape index (κ2) is 6.18. The van der Waals surface area contributed by atoms with Gasteiger partial charge in [0.05, 0.1) is 12.1 Å². The number of rotatable bonds is 4. The molecule has 0 bridgehead atoms. The highest BCUT2D eigenvalue weighted by Gasteiger charge is 2.09. The van der Waals surface area contributed by atoms with Gasteiger partial charge >= 0.3 is 0 Å². The molecule has 1 aromatic carbocycles. The molecular weight excluding hydrogens is 275 g/mol. The van der Waals surface area contributed by atoms with Crippen LogP contribution >= 0.6 is 34.8 Å². The minimum atomic E-state index is -0.529. The molecule has 0 unspecified atom stereocenters. The van der Waals surface area contributed by atoms with E-state index in [2.05, 4.69) is 5.32 Å². The van der Waals surface area contributed by atoms with E-state index < -0.39 is 5.82 Å². The molecule has 0 heterocycles. The molecule has 1 aromatic rings. The van der Waals surface area contributed by atoms with Crippen molar-refractivity contribution in [1.29, 1.82) is 0 Å². The average Bonchev–Trinajstić information content (AvgIpc) is 2.16. The topological polar surface area (TPSA) is 21.3 Å². The van der Waals surface area contributed by atoms with Gasteiger partial charge in [-0.05, 0) is 12.1 Å². The summed E-state index contributed by atoms with van der Waals surface area (Å²) in [6, 6.07) is 2.83. The Morgan fingerprint density at radius 3 is 2.69 bits per heavy atom. The van der Waals surface area contributed by atoms with E-state index in [1.807, 2.05) is 0 Å². The Kier molecular flexibility index (Phi) is 5.19. The number of nitrogens with one attached hydrogen (secondary N) is 1. The second-order valence-electron chi connectivity index (χ2n) is 2.85. The van der Waals surface area contributed by atoms with Gasteiger partial charge in [-0.2, -0.15) is 0 Å². The Hall–Kier alpha value is -0.640. The van der Waals surface area contributed by atoms with Gasteiger partial charge < -0.3 is 10.1 Å². The van der Waals surface area contributed by atoms with Crippen LogP contribution in [0.5, 0.6) is 5.75 Å². The standard InChI is InChI=1S/C10H9Cl3FNO/c1-16-10-7(11)4-6(5-8(10)14)15-3-2-9(12)13/h2,4-5,15H,3H2,1H3. The Bertz CT molecular complexity index is 382. The van der Waals surface area contributed by atoms with E-state index in [0.717, 1.165) is 0 Å². The Balaban J connectivity index is 2.80. The Labute approximate surface area is 108 Å². The van der Waals surface area contributed by atoms with E-state index in [1.165, 1.54) is 13.2 Å². The highest BCUT2D eigenvalue weighted by Crippen LogP contribution is 2.30. The van der Waals surface area contributed by atoms with E-state index in [0.29, 0.717) is 12.2 Å². The van der Waals surface area contributed by atoms with Crippen molar-refractivity contribution in [2.24, 2.45) is 0 Å². The van der Waals surface area contributed by atoms with Gasteiger partial charge in [0.2, 0.25) is 0 Å². The number of hydrogen-bond donors (Lipinski definition) is 1. The van der Waals surface area contributed by atoms with Gasteiger partial charge in [-0.15, -0.1) is 0 Å². The summed E-state index contributed by atoms with van der Waals surface area (Å²) in [7, 11) is 1.35. The van der Waals surface area contributed by atoms with Crippen LogP contribution in [0.3, 0.4) is 0 Å². The summed E-state index contributed by atoms with van der Waals surface area (Å²) in [5.41, 5.74) is 0.522. The van der Waals surface area contributed by atoms with E-state index in [9.17, 15) is 4.39 Å². The number of hydrogen-bond acceptors (Lipinski definition) is 2. The minimum Gasteiger partial charge on any atom is -0.492 e. The molecule has 0 aliphatic heterocycles. The van der Waals surface area contributed by atoms with E-state index in [4.69, 9.17) is 39.5 Å². The number of ether oxygens (including phenoxy) is 1. The zero-order valence-corrected chi connectivity index (χ0v) is 10.6. The van der Waals surface area contributed by atoms with Gasteiger partial charge in [0.1, 0.15) is 4.49 Å². The maximum Gasteiger partial charge on any atom is 0.173 e. The molecule has 6 heteroatoms. The van der Waals surface area contributed by atoms with Crippen LogP contribution in [-0.2, 0) is 0 Å². The zero-order valence-electron chi connectivity index (χ0n) is 8.36. The first-order valence-corrected chi connectivity index (χ1v) is 5.46. The monoisotopic (exact) mass is 283 g/mol. The maximum atomic E-state index is 13.4. The first kappa shape index (κ1) is 13.4. The molecule has 2 nitrogen and oxygen atoms in total. The zero-order chi connectivity index (χ0) is 12.1. The molecule has 0 aliphatic carbocycles. The van der Waals surface area contributed by atoms with Crippen LogP contribution in [0.15, 0.2) is 22.7 Å². The van der Waals surface area contributed by atoms with Crippen LogP contribution < -0.4 is 10.1 Å². The molecule has 0 amide bonds. The van der Waals surface area contributed by atoms with Gasteiger partial charge in [0.15, 0.2) is 11.6 Å². The van der Waals surface area contributed by atoms with Crippen LogP contribution in [0.25, 0.3) is 0 Å². The molecule has 0 saturated carbocycles. The minimum absolute atomic E-state index is 0.0261. The van der Waals surface area contributed by atoms with Crippen LogP contribution in [0.4, 0.5) is 10.1 Å². The molecule has 88 valence electrons. The third-order valence-corrected chi connectivity index (χ3v) is 2.35. The molecule has 1 N–H and O–H groups in total. The van der Waals surface area contributed by atoms with Crippen molar-refractivity contribution in [2.45, 2.75) is 0 Å². The molecule has 0 aliphatic rings. The molecular formula is C10H9Cl3FNO. The van der Waals surface area contributed by atoms with Crippen molar-refractivity contribution in [1.82, 2.24) is 0 Å². The normalized spacial score (nSPS) is 9.81. The van der Waals surface area contributed by atoms with Gasteiger partial charge in [-0.1, -0.05) is 34.8 Å². The smallest absolute Gasteiger partial charge is 0.173 e. The summed E-state index contributed by atoms with van der Waals surface area (Å²) in [4.78, 5) is 0. The first-order chi connectivity index (χ1) is 7.54. The molecule has 0 radical (unpaired) electrons. The van der Waals surface area contributed by atoms with E-state index in [-0.39, 0.29) is 15.3 Å². The van der Waals surface area contributed by atoms with Gasteiger partial charge in [0, 0.05) is 18.3 Å². The molecule has 0 saturated heterocycles. The van der Waals surface area contributed by atoms with Gasteiger partial charge in [-0.25, -0.2) is 4.39 Å². The molecule has 16 heavy (non-hydrogen) atoms. The average molecular weight is 285 g/mol. The van der Waals surface area contributed by atoms with Gasteiger partial charge in [0.25, 0.3) is 0 Å². The van der Waals surface area contributed by atoms with Crippen LogP contribution in [0, 0.1) is 5.82 Å². The summed E-state index contributed by atoms with van der Waals surface area (Å²) in [5, 5.41) is 3.08. The fraction of sp³-hybridized carbons (Fsp3) is 0.200. The van der Waals surface area contributed by atoms with Crippen molar-refractivity contribution in [3.05, 3.63) is 33.5 Å². The molecule has 0 fully saturated rings. The highest BCUT2D eigenvalue weighted by atomic mass is 35.5. The lowest BCUT2D eigenvalue weighted by atomic mass is 10.3. The molecule has 1 rings (SSSR count). The lowest BCUT2D eigenvalue weighted by Crippen LogP contribution is -2.00. The lowest BCUT2D eigenvalue weighted by molar-refractivity contribution is 0.387. The SMILES string of the molecule is COc1c(F)cc(NCC=C(Cl)Cl)cc1Cl. The van der Waals surface area contributed by atoms with Crippen molar-refractivity contribution in [3.63, 3.8) is 0 Å².